The van der Waals surface area contributed by atoms with Crippen molar-refractivity contribution in [1.82, 2.24) is 0 Å². The highest BCUT2D eigenvalue weighted by Crippen LogP contribution is 2.17. The van der Waals surface area contributed by atoms with E-state index in [1.54, 1.807) is 0 Å². The standard InChI is InChI=1S/C8H15NO2S/c9-5-1-3-8-4-2-6-12(10,11)7-8/h3H,1-2,4-7,9H2. The topological polar surface area (TPSA) is 60.2 Å². The third-order valence-corrected chi connectivity index (χ3v) is 3.68. The average Bonchev–Trinajstić information content (AvgIpc) is 1.99. The lowest BCUT2D eigenvalue weighted by molar-refractivity contribution is 0.589. The van der Waals surface area contributed by atoms with E-state index < -0.39 is 9.84 Å². The van der Waals surface area contributed by atoms with Crippen LogP contribution in [-0.2, 0) is 9.84 Å². The highest BCUT2D eigenvalue weighted by molar-refractivity contribution is 7.91. The molecule has 70 valence electrons. The van der Waals surface area contributed by atoms with Gasteiger partial charge in [-0.2, -0.15) is 0 Å². The van der Waals surface area contributed by atoms with Gasteiger partial charge in [-0.1, -0.05) is 11.6 Å². The molecule has 0 aromatic rings. The SMILES string of the molecule is NCCC=C1CCCS(=O)(=O)C1. The number of rotatable bonds is 2. The Balaban J connectivity index is 2.58. The maximum atomic E-state index is 11.2. The maximum Gasteiger partial charge on any atom is 0.154 e. The molecule has 1 fully saturated rings. The van der Waals surface area contributed by atoms with Crippen molar-refractivity contribution in [2.24, 2.45) is 5.73 Å². The lowest BCUT2D eigenvalue weighted by Crippen LogP contribution is -2.18. The molecule has 1 saturated heterocycles. The summed E-state index contributed by atoms with van der Waals surface area (Å²) < 4.78 is 22.3. The van der Waals surface area contributed by atoms with Crippen molar-refractivity contribution >= 4 is 9.84 Å². The van der Waals surface area contributed by atoms with Crippen LogP contribution in [-0.4, -0.2) is 26.5 Å². The molecular weight excluding hydrogens is 174 g/mol. The summed E-state index contributed by atoms with van der Waals surface area (Å²) in [7, 11) is -2.77. The Kier molecular flexibility index (Phi) is 3.29. The third kappa shape index (κ3) is 2.95. The van der Waals surface area contributed by atoms with Crippen molar-refractivity contribution in [3.8, 4) is 0 Å². The minimum Gasteiger partial charge on any atom is -0.330 e. The molecule has 0 aromatic carbocycles. The molecule has 0 radical (unpaired) electrons. The average molecular weight is 189 g/mol. The van der Waals surface area contributed by atoms with Gasteiger partial charge < -0.3 is 5.73 Å². The molecule has 0 unspecified atom stereocenters. The first-order valence-corrected chi connectivity index (χ1v) is 6.04. The van der Waals surface area contributed by atoms with Gasteiger partial charge in [-0.15, -0.1) is 0 Å². The van der Waals surface area contributed by atoms with Gasteiger partial charge in [-0.25, -0.2) is 8.42 Å². The second-order valence-electron chi connectivity index (χ2n) is 3.14. The second kappa shape index (κ2) is 4.05. The zero-order valence-electron chi connectivity index (χ0n) is 7.12. The number of sulfone groups is 1. The van der Waals surface area contributed by atoms with Gasteiger partial charge in [0.05, 0.1) is 11.5 Å². The molecule has 1 rings (SSSR count). The minimum absolute atomic E-state index is 0.257. The Morgan fingerprint density at radius 1 is 1.50 bits per heavy atom. The molecule has 0 aromatic heterocycles. The van der Waals surface area contributed by atoms with E-state index in [0.29, 0.717) is 12.3 Å². The summed E-state index contributed by atoms with van der Waals surface area (Å²) >= 11 is 0. The second-order valence-corrected chi connectivity index (χ2v) is 5.32. The zero-order chi connectivity index (χ0) is 9.03. The van der Waals surface area contributed by atoms with Crippen LogP contribution >= 0.6 is 0 Å². The van der Waals surface area contributed by atoms with Crippen LogP contribution < -0.4 is 5.73 Å². The summed E-state index contributed by atoms with van der Waals surface area (Å²) in [6.45, 7) is 0.601. The Morgan fingerprint density at radius 3 is 2.83 bits per heavy atom. The quantitative estimate of drug-likeness (QED) is 0.642. The van der Waals surface area contributed by atoms with E-state index >= 15 is 0 Å². The molecule has 1 aliphatic heterocycles. The van der Waals surface area contributed by atoms with Crippen molar-refractivity contribution in [1.29, 1.82) is 0 Å². The normalized spacial score (nSPS) is 25.9. The van der Waals surface area contributed by atoms with E-state index in [1.807, 2.05) is 6.08 Å². The molecule has 3 nitrogen and oxygen atoms in total. The van der Waals surface area contributed by atoms with E-state index in [1.165, 1.54) is 0 Å². The third-order valence-electron chi connectivity index (χ3n) is 1.96. The maximum absolute atomic E-state index is 11.2. The van der Waals surface area contributed by atoms with Crippen LogP contribution in [0.4, 0.5) is 0 Å². The predicted molar refractivity (Wildman–Crippen MR) is 49.6 cm³/mol. The van der Waals surface area contributed by atoms with Crippen LogP contribution in [0.1, 0.15) is 19.3 Å². The summed E-state index contributed by atoms with van der Waals surface area (Å²) in [5.74, 6) is 0.611. The molecule has 0 amide bonds. The molecule has 0 atom stereocenters. The van der Waals surface area contributed by atoms with E-state index in [4.69, 9.17) is 5.73 Å². The van der Waals surface area contributed by atoms with Crippen LogP contribution in [0.3, 0.4) is 0 Å². The van der Waals surface area contributed by atoms with Gasteiger partial charge in [0, 0.05) is 0 Å². The molecule has 2 N–H and O–H groups in total. The van der Waals surface area contributed by atoms with Crippen LogP contribution in [0.25, 0.3) is 0 Å². The van der Waals surface area contributed by atoms with Gasteiger partial charge in [0.25, 0.3) is 0 Å². The molecular formula is C8H15NO2S. The molecule has 12 heavy (non-hydrogen) atoms. The fourth-order valence-corrected chi connectivity index (χ4v) is 2.95. The first-order chi connectivity index (χ1) is 5.64. The number of nitrogens with two attached hydrogens (primary N) is 1. The molecule has 0 aliphatic carbocycles. The van der Waals surface area contributed by atoms with E-state index in [0.717, 1.165) is 24.8 Å². The van der Waals surface area contributed by atoms with Crippen molar-refractivity contribution in [2.45, 2.75) is 19.3 Å². The smallest absolute Gasteiger partial charge is 0.154 e. The number of hydrogen-bond acceptors (Lipinski definition) is 3. The molecule has 4 heteroatoms. The van der Waals surface area contributed by atoms with Gasteiger partial charge in [-0.05, 0) is 25.8 Å². The van der Waals surface area contributed by atoms with Gasteiger partial charge in [0.15, 0.2) is 9.84 Å². The summed E-state index contributed by atoms with van der Waals surface area (Å²) in [6.07, 6.45) is 4.47. The first kappa shape index (κ1) is 9.74. The van der Waals surface area contributed by atoms with Crippen molar-refractivity contribution < 1.29 is 8.42 Å². The van der Waals surface area contributed by atoms with Crippen molar-refractivity contribution in [2.75, 3.05) is 18.1 Å². The zero-order valence-corrected chi connectivity index (χ0v) is 7.94. The lowest BCUT2D eigenvalue weighted by Gasteiger charge is -2.14. The monoisotopic (exact) mass is 189 g/mol. The Morgan fingerprint density at radius 2 is 2.25 bits per heavy atom. The van der Waals surface area contributed by atoms with Gasteiger partial charge in [0.1, 0.15) is 0 Å². The lowest BCUT2D eigenvalue weighted by atomic mass is 10.1. The molecule has 1 heterocycles. The minimum atomic E-state index is -2.77. The molecule has 0 spiro atoms. The fourth-order valence-electron chi connectivity index (χ4n) is 1.39. The van der Waals surface area contributed by atoms with Gasteiger partial charge >= 0.3 is 0 Å². The van der Waals surface area contributed by atoms with E-state index in [-0.39, 0.29) is 5.75 Å². The summed E-state index contributed by atoms with van der Waals surface area (Å²) in [4.78, 5) is 0. The van der Waals surface area contributed by atoms with E-state index in [9.17, 15) is 8.42 Å². The molecule has 1 aliphatic rings. The largest absolute Gasteiger partial charge is 0.330 e. The molecule has 0 saturated carbocycles. The Hall–Kier alpha value is -0.350. The van der Waals surface area contributed by atoms with Crippen LogP contribution in [0.2, 0.25) is 0 Å². The summed E-state index contributed by atoms with van der Waals surface area (Å²) in [5.41, 5.74) is 6.37. The Labute approximate surface area is 73.6 Å². The summed E-state index contributed by atoms with van der Waals surface area (Å²) in [5, 5.41) is 0. The van der Waals surface area contributed by atoms with Crippen molar-refractivity contribution in [3.63, 3.8) is 0 Å². The van der Waals surface area contributed by atoms with E-state index in [2.05, 4.69) is 0 Å². The fraction of sp³-hybridized carbons (Fsp3) is 0.750. The predicted octanol–water partition coefficient (Wildman–Crippen LogP) is 0.470. The Bertz CT molecular complexity index is 267. The molecule has 0 bridgehead atoms. The van der Waals surface area contributed by atoms with Crippen LogP contribution in [0, 0.1) is 0 Å². The highest BCUT2D eigenvalue weighted by Gasteiger charge is 2.18. The van der Waals surface area contributed by atoms with Gasteiger partial charge in [0.2, 0.25) is 0 Å². The van der Waals surface area contributed by atoms with Gasteiger partial charge in [-0.3, -0.25) is 0 Å². The highest BCUT2D eigenvalue weighted by atomic mass is 32.2. The van der Waals surface area contributed by atoms with Crippen molar-refractivity contribution in [3.05, 3.63) is 11.6 Å². The number of hydrogen-bond donors (Lipinski definition) is 1. The van der Waals surface area contributed by atoms with Crippen LogP contribution in [0.15, 0.2) is 11.6 Å². The van der Waals surface area contributed by atoms with Crippen LogP contribution in [0.5, 0.6) is 0 Å². The first-order valence-electron chi connectivity index (χ1n) is 4.22. The summed E-state index contributed by atoms with van der Waals surface area (Å²) in [6, 6.07) is 0.